The lowest BCUT2D eigenvalue weighted by molar-refractivity contribution is 0.578. The van der Waals surface area contributed by atoms with Gasteiger partial charge in [0.1, 0.15) is 0 Å². The highest BCUT2D eigenvalue weighted by Crippen LogP contribution is 2.28. The van der Waals surface area contributed by atoms with E-state index in [9.17, 15) is 8.42 Å². The van der Waals surface area contributed by atoms with Gasteiger partial charge in [0.15, 0.2) is 0 Å². The maximum absolute atomic E-state index is 11.3. The third-order valence-corrected chi connectivity index (χ3v) is 3.49. The van der Waals surface area contributed by atoms with Crippen LogP contribution in [0.25, 0.3) is 0 Å². The average molecular weight is 254 g/mol. The molecule has 1 aromatic rings. The quantitative estimate of drug-likeness (QED) is 0.898. The van der Waals surface area contributed by atoms with Gasteiger partial charge in [-0.15, -0.1) is 0 Å². The van der Waals surface area contributed by atoms with Crippen LogP contribution in [-0.2, 0) is 10.0 Å². The van der Waals surface area contributed by atoms with Crippen molar-refractivity contribution in [2.75, 3.05) is 29.0 Å². The summed E-state index contributed by atoms with van der Waals surface area (Å²) in [5, 5.41) is 0. The number of piperidine rings is 1. The number of anilines is 2. The van der Waals surface area contributed by atoms with Gasteiger partial charge in [-0.3, -0.25) is 4.72 Å². The molecule has 0 unspecified atom stereocenters. The first-order valence-corrected chi connectivity index (χ1v) is 7.77. The van der Waals surface area contributed by atoms with Gasteiger partial charge in [0.25, 0.3) is 0 Å². The van der Waals surface area contributed by atoms with Gasteiger partial charge in [-0.1, -0.05) is 12.1 Å². The fourth-order valence-electron chi connectivity index (χ4n) is 2.17. The van der Waals surface area contributed by atoms with Crippen LogP contribution < -0.4 is 9.62 Å². The predicted octanol–water partition coefficient (Wildman–Crippen LogP) is 2.05. The van der Waals surface area contributed by atoms with E-state index in [0.717, 1.165) is 18.8 Å². The predicted molar refractivity (Wildman–Crippen MR) is 71.0 cm³/mol. The first-order valence-electron chi connectivity index (χ1n) is 5.88. The Balaban J connectivity index is 2.26. The summed E-state index contributed by atoms with van der Waals surface area (Å²) in [6.07, 6.45) is 4.79. The maximum Gasteiger partial charge on any atom is 0.229 e. The number of sulfonamides is 1. The number of para-hydroxylation sites is 2. The summed E-state index contributed by atoms with van der Waals surface area (Å²) < 4.78 is 25.2. The van der Waals surface area contributed by atoms with Crippen molar-refractivity contribution in [3.63, 3.8) is 0 Å². The molecule has 0 bridgehead atoms. The number of nitrogens with zero attached hydrogens (tertiary/aromatic N) is 1. The minimum atomic E-state index is -3.22. The van der Waals surface area contributed by atoms with Gasteiger partial charge in [-0.2, -0.15) is 0 Å². The Morgan fingerprint density at radius 2 is 1.76 bits per heavy atom. The van der Waals surface area contributed by atoms with E-state index in [1.807, 2.05) is 24.3 Å². The first-order chi connectivity index (χ1) is 8.06. The first kappa shape index (κ1) is 12.2. The monoisotopic (exact) mass is 254 g/mol. The van der Waals surface area contributed by atoms with Crippen LogP contribution >= 0.6 is 0 Å². The van der Waals surface area contributed by atoms with Crippen molar-refractivity contribution in [1.82, 2.24) is 0 Å². The number of hydrogen-bond acceptors (Lipinski definition) is 3. The third kappa shape index (κ3) is 3.36. The van der Waals surface area contributed by atoms with E-state index in [-0.39, 0.29) is 0 Å². The molecule has 1 saturated heterocycles. The minimum Gasteiger partial charge on any atom is -0.370 e. The second-order valence-corrected chi connectivity index (χ2v) is 6.19. The summed E-state index contributed by atoms with van der Waals surface area (Å²) in [6, 6.07) is 7.57. The molecule has 17 heavy (non-hydrogen) atoms. The number of rotatable bonds is 3. The van der Waals surface area contributed by atoms with Crippen molar-refractivity contribution in [2.45, 2.75) is 19.3 Å². The number of nitrogens with one attached hydrogen (secondary N) is 1. The van der Waals surface area contributed by atoms with E-state index in [0.29, 0.717) is 5.69 Å². The summed E-state index contributed by atoms with van der Waals surface area (Å²) in [6.45, 7) is 2.00. The summed E-state index contributed by atoms with van der Waals surface area (Å²) in [4.78, 5) is 2.25. The van der Waals surface area contributed by atoms with Crippen LogP contribution in [0.4, 0.5) is 11.4 Å². The van der Waals surface area contributed by atoms with E-state index in [1.165, 1.54) is 25.5 Å². The van der Waals surface area contributed by atoms with Gasteiger partial charge in [-0.25, -0.2) is 8.42 Å². The van der Waals surface area contributed by atoms with E-state index in [2.05, 4.69) is 9.62 Å². The summed E-state index contributed by atoms with van der Waals surface area (Å²) in [7, 11) is -3.22. The Kier molecular flexibility index (Phi) is 3.57. The number of benzene rings is 1. The highest BCUT2D eigenvalue weighted by Gasteiger charge is 2.15. The Bertz CT molecular complexity index is 479. The smallest absolute Gasteiger partial charge is 0.229 e. The molecule has 1 N–H and O–H groups in total. The van der Waals surface area contributed by atoms with Gasteiger partial charge in [0.2, 0.25) is 10.0 Å². The molecule has 1 aliphatic heterocycles. The van der Waals surface area contributed by atoms with Crippen molar-refractivity contribution in [1.29, 1.82) is 0 Å². The van der Waals surface area contributed by atoms with E-state index in [1.54, 1.807) is 0 Å². The van der Waals surface area contributed by atoms with Crippen LogP contribution in [0.2, 0.25) is 0 Å². The molecule has 4 nitrogen and oxygen atoms in total. The molecule has 1 fully saturated rings. The van der Waals surface area contributed by atoms with Crippen LogP contribution in [-0.4, -0.2) is 27.8 Å². The average Bonchev–Trinajstić information content (AvgIpc) is 2.29. The Morgan fingerprint density at radius 3 is 2.41 bits per heavy atom. The SMILES string of the molecule is CS(=O)(=O)Nc1ccccc1N1CCCCC1. The van der Waals surface area contributed by atoms with Crippen LogP contribution in [0.5, 0.6) is 0 Å². The minimum absolute atomic E-state index is 0.678. The Labute approximate surface area is 103 Å². The fraction of sp³-hybridized carbons (Fsp3) is 0.500. The summed E-state index contributed by atoms with van der Waals surface area (Å²) in [5.41, 5.74) is 1.66. The second-order valence-electron chi connectivity index (χ2n) is 4.44. The lowest BCUT2D eigenvalue weighted by atomic mass is 10.1. The van der Waals surface area contributed by atoms with Gasteiger partial charge < -0.3 is 4.90 Å². The van der Waals surface area contributed by atoms with Crippen molar-refractivity contribution in [3.05, 3.63) is 24.3 Å². The lowest BCUT2D eigenvalue weighted by Crippen LogP contribution is -2.30. The standard InChI is InChI=1S/C12H18N2O2S/c1-17(15,16)13-11-7-3-4-8-12(11)14-9-5-2-6-10-14/h3-4,7-8,13H,2,5-6,9-10H2,1H3. The van der Waals surface area contributed by atoms with Gasteiger partial charge >= 0.3 is 0 Å². The topological polar surface area (TPSA) is 49.4 Å². The van der Waals surface area contributed by atoms with Gasteiger partial charge in [0.05, 0.1) is 17.6 Å². The fourth-order valence-corrected chi connectivity index (χ4v) is 2.74. The molecular weight excluding hydrogens is 236 g/mol. The molecule has 0 radical (unpaired) electrons. The molecular formula is C12H18N2O2S. The molecule has 5 heteroatoms. The Morgan fingerprint density at radius 1 is 1.12 bits per heavy atom. The zero-order chi connectivity index (χ0) is 12.3. The van der Waals surface area contributed by atoms with Crippen molar-refractivity contribution < 1.29 is 8.42 Å². The molecule has 0 spiro atoms. The molecule has 0 aromatic heterocycles. The lowest BCUT2D eigenvalue weighted by Gasteiger charge is -2.30. The zero-order valence-electron chi connectivity index (χ0n) is 10.0. The molecule has 1 aromatic carbocycles. The third-order valence-electron chi connectivity index (χ3n) is 2.90. The Hall–Kier alpha value is -1.23. The van der Waals surface area contributed by atoms with Gasteiger partial charge in [-0.05, 0) is 31.4 Å². The molecule has 0 amide bonds. The highest BCUT2D eigenvalue weighted by molar-refractivity contribution is 7.92. The summed E-state index contributed by atoms with van der Waals surface area (Å²) in [5.74, 6) is 0. The molecule has 0 aliphatic carbocycles. The number of hydrogen-bond donors (Lipinski definition) is 1. The normalized spacial score (nSPS) is 16.9. The largest absolute Gasteiger partial charge is 0.370 e. The molecule has 1 aliphatic rings. The summed E-state index contributed by atoms with van der Waals surface area (Å²) >= 11 is 0. The van der Waals surface area contributed by atoms with Crippen LogP contribution in [0.3, 0.4) is 0 Å². The second kappa shape index (κ2) is 4.96. The van der Waals surface area contributed by atoms with E-state index >= 15 is 0 Å². The van der Waals surface area contributed by atoms with Crippen molar-refractivity contribution >= 4 is 21.4 Å². The molecule has 1 heterocycles. The molecule has 94 valence electrons. The van der Waals surface area contributed by atoms with E-state index < -0.39 is 10.0 Å². The van der Waals surface area contributed by atoms with E-state index in [4.69, 9.17) is 0 Å². The van der Waals surface area contributed by atoms with Crippen LogP contribution in [0.15, 0.2) is 24.3 Å². The van der Waals surface area contributed by atoms with Crippen LogP contribution in [0.1, 0.15) is 19.3 Å². The molecule has 0 saturated carbocycles. The van der Waals surface area contributed by atoms with Gasteiger partial charge in [0, 0.05) is 13.1 Å². The zero-order valence-corrected chi connectivity index (χ0v) is 10.8. The maximum atomic E-state index is 11.3. The van der Waals surface area contributed by atoms with Crippen molar-refractivity contribution in [3.8, 4) is 0 Å². The molecule has 2 rings (SSSR count). The molecule has 0 atom stereocenters. The highest BCUT2D eigenvalue weighted by atomic mass is 32.2. The van der Waals surface area contributed by atoms with Crippen molar-refractivity contribution in [2.24, 2.45) is 0 Å². The van der Waals surface area contributed by atoms with Crippen LogP contribution in [0, 0.1) is 0 Å².